The van der Waals surface area contributed by atoms with E-state index < -0.39 is 24.7 Å². The van der Waals surface area contributed by atoms with E-state index in [4.69, 9.17) is 9.47 Å². The van der Waals surface area contributed by atoms with Crippen molar-refractivity contribution in [3.05, 3.63) is 47.2 Å². The third-order valence-electron chi connectivity index (χ3n) is 3.94. The van der Waals surface area contributed by atoms with Gasteiger partial charge in [-0.3, -0.25) is 9.59 Å². The molecule has 0 aliphatic rings. The smallest absolute Gasteiger partial charge is 0.422 e. The highest BCUT2D eigenvalue weighted by molar-refractivity contribution is 5.95. The van der Waals surface area contributed by atoms with Crippen LogP contribution >= 0.6 is 0 Å². The number of alkyl halides is 3. The predicted molar refractivity (Wildman–Crippen MR) is 104 cm³/mol. The van der Waals surface area contributed by atoms with Gasteiger partial charge in [0.2, 0.25) is 5.91 Å². The first-order valence-corrected chi connectivity index (χ1v) is 8.93. The molecule has 30 heavy (non-hydrogen) atoms. The Morgan fingerprint density at radius 1 is 1.17 bits per heavy atom. The fourth-order valence-corrected chi connectivity index (χ4v) is 2.64. The average molecular weight is 425 g/mol. The van der Waals surface area contributed by atoms with Crippen molar-refractivity contribution >= 4 is 17.6 Å². The Morgan fingerprint density at radius 2 is 1.87 bits per heavy atom. The van der Waals surface area contributed by atoms with Crippen LogP contribution in [0.15, 0.2) is 30.3 Å². The summed E-state index contributed by atoms with van der Waals surface area (Å²) in [5, 5.41) is 5.39. The number of hydrogen-bond acceptors (Lipinski definition) is 5. The zero-order valence-electron chi connectivity index (χ0n) is 16.9. The first kappa shape index (κ1) is 23.0. The van der Waals surface area contributed by atoms with Gasteiger partial charge in [0, 0.05) is 18.2 Å². The Morgan fingerprint density at radius 3 is 2.47 bits per heavy atom. The number of methoxy groups -OCH3 is 1. The molecule has 1 atom stereocenters. The van der Waals surface area contributed by atoms with Gasteiger partial charge < -0.3 is 20.1 Å². The Labute approximate surface area is 171 Å². The first-order chi connectivity index (χ1) is 14.0. The molecule has 162 valence electrons. The van der Waals surface area contributed by atoms with Crippen LogP contribution in [-0.2, 0) is 4.79 Å². The second-order valence-corrected chi connectivity index (χ2v) is 6.57. The molecule has 2 aromatic rings. The molecule has 1 aromatic heterocycles. The molecule has 0 spiro atoms. The average Bonchev–Trinajstić information content (AvgIpc) is 2.64. The molecular weight excluding hydrogens is 403 g/mol. The van der Waals surface area contributed by atoms with Gasteiger partial charge in [0.15, 0.2) is 18.1 Å². The molecule has 0 aliphatic carbocycles. The van der Waals surface area contributed by atoms with Crippen molar-refractivity contribution in [3.63, 3.8) is 0 Å². The van der Waals surface area contributed by atoms with Crippen LogP contribution in [0, 0.1) is 6.92 Å². The zero-order chi connectivity index (χ0) is 22.5. The number of rotatable bonds is 7. The van der Waals surface area contributed by atoms with Crippen LogP contribution in [0.4, 0.5) is 19.0 Å². The molecule has 0 radical (unpaired) electrons. The van der Waals surface area contributed by atoms with Crippen LogP contribution in [0.2, 0.25) is 0 Å². The SMILES string of the molecule is COc1cc(C(=O)NC(C)c2cc(C)nc(NC(C)=O)c2)ccc1OCC(F)(F)F. The van der Waals surface area contributed by atoms with Crippen molar-refractivity contribution in [3.8, 4) is 11.5 Å². The summed E-state index contributed by atoms with van der Waals surface area (Å²) in [5.74, 6) is -0.475. The maximum Gasteiger partial charge on any atom is 0.422 e. The number of amides is 2. The van der Waals surface area contributed by atoms with Crippen molar-refractivity contribution in [2.75, 3.05) is 19.0 Å². The van der Waals surface area contributed by atoms with Crippen LogP contribution in [0.5, 0.6) is 11.5 Å². The molecule has 1 unspecified atom stereocenters. The molecule has 1 heterocycles. The van der Waals surface area contributed by atoms with E-state index in [1.54, 1.807) is 26.0 Å². The highest BCUT2D eigenvalue weighted by Gasteiger charge is 2.29. The topological polar surface area (TPSA) is 89.5 Å². The maximum atomic E-state index is 12.6. The van der Waals surface area contributed by atoms with E-state index in [-0.39, 0.29) is 23.0 Å². The minimum Gasteiger partial charge on any atom is -0.493 e. The number of nitrogens with one attached hydrogen (secondary N) is 2. The molecular formula is C20H22F3N3O4. The predicted octanol–water partition coefficient (Wildman–Crippen LogP) is 3.79. The number of aromatic nitrogens is 1. The maximum absolute atomic E-state index is 12.6. The third-order valence-corrected chi connectivity index (χ3v) is 3.94. The Bertz CT molecular complexity index is 932. The molecule has 0 bridgehead atoms. The molecule has 1 aromatic carbocycles. The number of pyridine rings is 1. The normalized spacial score (nSPS) is 12.1. The Balaban J connectivity index is 2.15. The number of aryl methyl sites for hydroxylation is 1. The van der Waals surface area contributed by atoms with Gasteiger partial charge in [-0.25, -0.2) is 4.98 Å². The van der Waals surface area contributed by atoms with E-state index in [1.807, 2.05) is 0 Å². The summed E-state index contributed by atoms with van der Waals surface area (Å²) in [7, 11) is 1.27. The van der Waals surface area contributed by atoms with E-state index in [9.17, 15) is 22.8 Å². The number of anilines is 1. The van der Waals surface area contributed by atoms with E-state index in [0.717, 1.165) is 5.56 Å². The first-order valence-electron chi connectivity index (χ1n) is 8.93. The molecule has 0 saturated heterocycles. The number of halogens is 3. The quantitative estimate of drug-likeness (QED) is 0.705. The molecule has 0 saturated carbocycles. The second-order valence-electron chi connectivity index (χ2n) is 6.57. The lowest BCUT2D eigenvalue weighted by atomic mass is 10.1. The molecule has 2 N–H and O–H groups in total. The molecule has 0 fully saturated rings. The van der Waals surface area contributed by atoms with Crippen LogP contribution in [0.25, 0.3) is 0 Å². The van der Waals surface area contributed by atoms with Crippen molar-refractivity contribution < 1.29 is 32.2 Å². The van der Waals surface area contributed by atoms with E-state index in [2.05, 4.69) is 15.6 Å². The van der Waals surface area contributed by atoms with Crippen LogP contribution in [-0.4, -0.2) is 36.7 Å². The number of carbonyl (C=O) groups excluding carboxylic acids is 2. The second kappa shape index (κ2) is 9.47. The summed E-state index contributed by atoms with van der Waals surface area (Å²) in [6.45, 7) is 3.41. The summed E-state index contributed by atoms with van der Waals surface area (Å²) >= 11 is 0. The lowest BCUT2D eigenvalue weighted by Crippen LogP contribution is -2.27. The van der Waals surface area contributed by atoms with Crippen molar-refractivity contribution in [2.24, 2.45) is 0 Å². The minimum absolute atomic E-state index is 0.00672. The molecule has 10 heteroatoms. The lowest BCUT2D eigenvalue weighted by Gasteiger charge is -2.17. The van der Waals surface area contributed by atoms with Crippen molar-refractivity contribution in [1.29, 1.82) is 0 Å². The van der Waals surface area contributed by atoms with Gasteiger partial charge in [-0.05, 0) is 49.7 Å². The number of nitrogens with zero attached hydrogens (tertiary/aromatic N) is 1. The van der Waals surface area contributed by atoms with Gasteiger partial charge >= 0.3 is 6.18 Å². The zero-order valence-corrected chi connectivity index (χ0v) is 16.9. The molecule has 2 rings (SSSR count). The van der Waals surface area contributed by atoms with Gasteiger partial charge in [-0.15, -0.1) is 0 Å². The molecule has 0 aliphatic heterocycles. The van der Waals surface area contributed by atoms with Crippen LogP contribution in [0.1, 0.15) is 41.5 Å². The number of ether oxygens (including phenoxy) is 2. The monoisotopic (exact) mass is 425 g/mol. The standard InChI is InChI=1S/C20H22F3N3O4/c1-11-7-15(9-18(24-11)26-13(3)27)12(2)25-19(28)14-5-6-16(17(8-14)29-4)30-10-20(21,22)23/h5-9,12H,10H2,1-4H3,(H,25,28)(H,24,26,27). The van der Waals surface area contributed by atoms with Crippen LogP contribution in [0.3, 0.4) is 0 Å². The van der Waals surface area contributed by atoms with Crippen LogP contribution < -0.4 is 20.1 Å². The molecule has 7 nitrogen and oxygen atoms in total. The van der Waals surface area contributed by atoms with Gasteiger partial charge in [-0.1, -0.05) is 0 Å². The highest BCUT2D eigenvalue weighted by atomic mass is 19.4. The summed E-state index contributed by atoms with van der Waals surface area (Å²) in [6, 6.07) is 6.87. The minimum atomic E-state index is -4.49. The van der Waals surface area contributed by atoms with E-state index >= 15 is 0 Å². The Hall–Kier alpha value is -3.30. The summed E-state index contributed by atoms with van der Waals surface area (Å²) in [5.41, 5.74) is 1.56. The van der Waals surface area contributed by atoms with Crippen molar-refractivity contribution in [1.82, 2.24) is 10.3 Å². The highest BCUT2D eigenvalue weighted by Crippen LogP contribution is 2.30. The lowest BCUT2D eigenvalue weighted by molar-refractivity contribution is -0.153. The van der Waals surface area contributed by atoms with Crippen molar-refractivity contribution in [2.45, 2.75) is 33.0 Å². The van der Waals surface area contributed by atoms with E-state index in [1.165, 1.54) is 32.2 Å². The van der Waals surface area contributed by atoms with Gasteiger partial charge in [0.05, 0.1) is 13.2 Å². The summed E-state index contributed by atoms with van der Waals surface area (Å²) < 4.78 is 46.8. The number of hydrogen-bond donors (Lipinski definition) is 2. The number of benzene rings is 1. The fourth-order valence-electron chi connectivity index (χ4n) is 2.64. The largest absolute Gasteiger partial charge is 0.493 e. The van der Waals surface area contributed by atoms with Gasteiger partial charge in [0.1, 0.15) is 5.82 Å². The number of carbonyl (C=O) groups is 2. The third kappa shape index (κ3) is 6.64. The Kier molecular flexibility index (Phi) is 7.25. The van der Waals surface area contributed by atoms with E-state index in [0.29, 0.717) is 11.5 Å². The van der Waals surface area contributed by atoms with Gasteiger partial charge in [-0.2, -0.15) is 13.2 Å². The van der Waals surface area contributed by atoms with Gasteiger partial charge in [0.25, 0.3) is 5.91 Å². The molecule has 2 amide bonds. The fraction of sp³-hybridized carbons (Fsp3) is 0.350. The summed E-state index contributed by atoms with van der Waals surface area (Å²) in [6.07, 6.45) is -4.49. The summed E-state index contributed by atoms with van der Waals surface area (Å²) in [4.78, 5) is 28.1.